The van der Waals surface area contributed by atoms with Gasteiger partial charge >= 0.3 is 12.1 Å². The van der Waals surface area contributed by atoms with Crippen LogP contribution in [0, 0.1) is 0 Å². The summed E-state index contributed by atoms with van der Waals surface area (Å²) < 4.78 is 10.6. The molecule has 1 aliphatic rings. The van der Waals surface area contributed by atoms with Crippen molar-refractivity contribution in [3.05, 3.63) is 53.2 Å². The van der Waals surface area contributed by atoms with Crippen LogP contribution < -0.4 is 5.73 Å². The van der Waals surface area contributed by atoms with Crippen molar-refractivity contribution in [2.75, 3.05) is 13.7 Å². The lowest BCUT2D eigenvalue weighted by Crippen LogP contribution is -2.45. The van der Waals surface area contributed by atoms with Crippen LogP contribution >= 0.6 is 0 Å². The lowest BCUT2D eigenvalue weighted by Gasteiger charge is -2.24. The Bertz CT molecular complexity index is 1220. The molecule has 0 saturated carbocycles. The highest BCUT2D eigenvalue weighted by Crippen LogP contribution is 2.30. The third-order valence-corrected chi connectivity index (χ3v) is 6.27. The summed E-state index contributed by atoms with van der Waals surface area (Å²) in [4.78, 5) is 57.1. The Morgan fingerprint density at radius 3 is 2.59 bits per heavy atom. The summed E-state index contributed by atoms with van der Waals surface area (Å²) in [5, 5.41) is 0. The molecule has 0 unspecified atom stereocenters. The first-order chi connectivity index (χ1) is 18.4. The van der Waals surface area contributed by atoms with Crippen molar-refractivity contribution in [2.24, 2.45) is 5.73 Å². The van der Waals surface area contributed by atoms with Crippen molar-refractivity contribution in [3.8, 4) is 11.3 Å². The molecule has 0 bridgehead atoms. The second-order valence-electron chi connectivity index (χ2n) is 10.7. The number of esters is 1. The number of ether oxygens (including phenoxy) is 2. The number of nitrogens with zero attached hydrogens (tertiary/aromatic N) is 3. The van der Waals surface area contributed by atoms with Crippen LogP contribution in [0.5, 0.6) is 0 Å². The zero-order valence-electron chi connectivity index (χ0n) is 23.4. The van der Waals surface area contributed by atoms with Crippen molar-refractivity contribution in [3.63, 3.8) is 0 Å². The maximum atomic E-state index is 13.1. The molecule has 0 fully saturated rings. The maximum absolute atomic E-state index is 13.1. The number of primary amides is 1. The first kappa shape index (κ1) is 29.6. The van der Waals surface area contributed by atoms with Gasteiger partial charge in [-0.05, 0) is 69.0 Å². The van der Waals surface area contributed by atoms with Crippen molar-refractivity contribution in [1.29, 1.82) is 0 Å². The van der Waals surface area contributed by atoms with Crippen LogP contribution in [0.3, 0.4) is 0 Å². The minimum atomic E-state index is -0.920. The molecule has 39 heavy (non-hydrogen) atoms. The second-order valence-corrected chi connectivity index (χ2v) is 10.7. The predicted molar refractivity (Wildman–Crippen MR) is 145 cm³/mol. The van der Waals surface area contributed by atoms with Gasteiger partial charge in [0.25, 0.3) is 5.91 Å². The van der Waals surface area contributed by atoms with Crippen LogP contribution in [0.1, 0.15) is 74.9 Å². The zero-order chi connectivity index (χ0) is 28.7. The van der Waals surface area contributed by atoms with E-state index in [4.69, 9.17) is 15.2 Å². The van der Waals surface area contributed by atoms with E-state index in [1.165, 1.54) is 9.80 Å². The Balaban J connectivity index is 1.71. The van der Waals surface area contributed by atoms with Gasteiger partial charge in [-0.3, -0.25) is 19.4 Å². The molecule has 0 saturated heterocycles. The molecule has 1 aromatic carbocycles. The summed E-state index contributed by atoms with van der Waals surface area (Å²) in [7, 11) is 1.67. The number of hydrogen-bond acceptors (Lipinski definition) is 7. The van der Waals surface area contributed by atoms with Crippen LogP contribution in [-0.4, -0.2) is 64.0 Å². The molecule has 10 nitrogen and oxygen atoms in total. The fourth-order valence-electron chi connectivity index (χ4n) is 4.27. The van der Waals surface area contributed by atoms with E-state index in [2.05, 4.69) is 4.98 Å². The van der Waals surface area contributed by atoms with Crippen LogP contribution in [0.4, 0.5) is 4.79 Å². The number of carbonyl (C=O) groups excluding carboxylic acids is 4. The van der Waals surface area contributed by atoms with E-state index in [1.54, 1.807) is 25.4 Å². The minimum Gasteiger partial charge on any atom is -0.466 e. The number of nitrogens with two attached hydrogens (primary N) is 1. The largest absolute Gasteiger partial charge is 0.466 e. The van der Waals surface area contributed by atoms with Gasteiger partial charge in [-0.1, -0.05) is 19.4 Å². The molecule has 10 heteroatoms. The second kappa shape index (κ2) is 12.7. The molecule has 1 aliphatic heterocycles. The molecule has 3 amide bonds. The van der Waals surface area contributed by atoms with E-state index in [0.717, 1.165) is 29.5 Å². The van der Waals surface area contributed by atoms with Crippen molar-refractivity contribution < 1.29 is 28.7 Å². The normalized spacial score (nSPS) is 13.6. The molecule has 0 spiro atoms. The molecule has 0 radical (unpaired) electrons. The van der Waals surface area contributed by atoms with Gasteiger partial charge in [-0.2, -0.15) is 0 Å². The summed E-state index contributed by atoms with van der Waals surface area (Å²) in [5.41, 5.74) is 8.60. The van der Waals surface area contributed by atoms with E-state index in [1.807, 2.05) is 45.9 Å². The molecule has 3 rings (SSSR count). The van der Waals surface area contributed by atoms with Crippen LogP contribution in [0.25, 0.3) is 11.3 Å². The Kier molecular flexibility index (Phi) is 9.66. The molecule has 2 N–H and O–H groups in total. The van der Waals surface area contributed by atoms with Crippen LogP contribution in [-0.2, 0) is 32.2 Å². The Hall–Kier alpha value is -3.95. The fraction of sp³-hybridized carbons (Fsp3) is 0.483. The van der Waals surface area contributed by atoms with Gasteiger partial charge in [-0.15, -0.1) is 0 Å². The van der Waals surface area contributed by atoms with Crippen LogP contribution in [0.15, 0.2) is 36.5 Å². The van der Waals surface area contributed by atoms with E-state index in [-0.39, 0.29) is 25.3 Å². The van der Waals surface area contributed by atoms with Gasteiger partial charge in [0.15, 0.2) is 0 Å². The summed E-state index contributed by atoms with van der Waals surface area (Å²) in [5.74, 6) is -1.38. The number of fused-ring (bicyclic) bond motifs is 1. The summed E-state index contributed by atoms with van der Waals surface area (Å²) in [6.45, 7) is 8.31. The monoisotopic (exact) mass is 538 g/mol. The molecule has 2 aromatic rings. The third-order valence-electron chi connectivity index (χ3n) is 6.27. The van der Waals surface area contributed by atoms with Gasteiger partial charge in [0, 0.05) is 43.9 Å². The van der Waals surface area contributed by atoms with E-state index in [0.29, 0.717) is 24.4 Å². The van der Waals surface area contributed by atoms with Crippen molar-refractivity contribution >= 4 is 23.9 Å². The Morgan fingerprint density at radius 1 is 1.18 bits per heavy atom. The first-order valence-electron chi connectivity index (χ1n) is 13.2. The van der Waals surface area contributed by atoms with Gasteiger partial charge in [0.05, 0.1) is 12.3 Å². The highest BCUT2D eigenvalue weighted by molar-refractivity contribution is 6.01. The van der Waals surface area contributed by atoms with Crippen molar-refractivity contribution in [1.82, 2.24) is 14.8 Å². The molecular weight excluding hydrogens is 500 g/mol. The average molecular weight is 539 g/mol. The molecule has 0 aliphatic carbocycles. The molecular formula is C29H38N4O6. The fourth-order valence-corrected chi connectivity index (χ4v) is 4.27. The number of benzene rings is 1. The number of amides is 3. The van der Waals surface area contributed by atoms with Crippen LogP contribution in [0.2, 0.25) is 0 Å². The number of carbonyl (C=O) groups is 4. The standard InChI is InChI=1S/C29H38N4O6/c1-6-7-14-38-25(34)11-10-24(26(30)35)33-18-21-16-20(8-9-22(21)27(33)36)23-15-19(12-13-31-23)17-32(5)28(37)39-29(2,3)4/h8-9,12-13,15-16,24H,6-7,10-11,14,17-18H2,1-5H3,(H2,30,35)/t24-/m0/s1. The number of aromatic nitrogens is 1. The van der Waals surface area contributed by atoms with E-state index >= 15 is 0 Å². The molecule has 1 atom stereocenters. The number of pyridine rings is 1. The van der Waals surface area contributed by atoms with Gasteiger partial charge in [0.2, 0.25) is 5.91 Å². The lowest BCUT2D eigenvalue weighted by molar-refractivity contribution is -0.144. The van der Waals surface area contributed by atoms with Gasteiger partial charge in [0.1, 0.15) is 11.6 Å². The number of unbranched alkanes of at least 4 members (excludes halogenated alkanes) is 1. The molecule has 210 valence electrons. The predicted octanol–water partition coefficient (Wildman–Crippen LogP) is 4.05. The quantitative estimate of drug-likeness (QED) is 0.337. The summed E-state index contributed by atoms with van der Waals surface area (Å²) in [6.07, 6.45) is 3.02. The number of rotatable bonds is 11. The Morgan fingerprint density at radius 2 is 1.92 bits per heavy atom. The summed E-state index contributed by atoms with van der Waals surface area (Å²) in [6, 6.07) is 8.17. The minimum absolute atomic E-state index is 0.00283. The van der Waals surface area contributed by atoms with E-state index < -0.39 is 29.6 Å². The molecule has 1 aromatic heterocycles. The lowest BCUT2D eigenvalue weighted by atomic mass is 10.0. The first-order valence-corrected chi connectivity index (χ1v) is 13.2. The zero-order valence-corrected chi connectivity index (χ0v) is 23.4. The average Bonchev–Trinajstić information content (AvgIpc) is 3.18. The highest BCUT2D eigenvalue weighted by atomic mass is 16.6. The van der Waals surface area contributed by atoms with Crippen molar-refractivity contribution in [2.45, 2.75) is 78.1 Å². The maximum Gasteiger partial charge on any atom is 0.410 e. The van der Waals surface area contributed by atoms with E-state index in [9.17, 15) is 19.2 Å². The van der Waals surface area contributed by atoms with Gasteiger partial charge < -0.3 is 25.0 Å². The topological polar surface area (TPSA) is 132 Å². The van der Waals surface area contributed by atoms with Gasteiger partial charge in [-0.25, -0.2) is 4.79 Å². The molecule has 2 heterocycles. The Labute approximate surface area is 229 Å². The number of hydrogen-bond donors (Lipinski definition) is 1. The third kappa shape index (κ3) is 8.02. The highest BCUT2D eigenvalue weighted by Gasteiger charge is 2.36. The SMILES string of the molecule is CCCCOC(=O)CC[C@@H](C(N)=O)N1Cc2cc(-c3cc(CN(C)C(=O)OC(C)(C)C)ccn3)ccc2C1=O. The smallest absolute Gasteiger partial charge is 0.410 e. The summed E-state index contributed by atoms with van der Waals surface area (Å²) >= 11 is 0.